The summed E-state index contributed by atoms with van der Waals surface area (Å²) in [6.07, 6.45) is 0. The van der Waals surface area contributed by atoms with Gasteiger partial charge in [0, 0.05) is 22.4 Å². The highest BCUT2D eigenvalue weighted by atomic mass is 16.5. The average Bonchev–Trinajstić information content (AvgIpc) is 3.04. The molecule has 0 saturated carbocycles. The zero-order chi connectivity index (χ0) is 20.0. The van der Waals surface area contributed by atoms with Crippen LogP contribution >= 0.6 is 0 Å². The number of benzene rings is 3. The molecule has 0 atom stereocenters. The normalized spacial score (nSPS) is 11.1. The summed E-state index contributed by atoms with van der Waals surface area (Å²) in [4.78, 5) is 11.7. The van der Waals surface area contributed by atoms with Crippen LogP contribution in [0.2, 0.25) is 0 Å². The Kier molecular flexibility index (Phi) is 4.00. The number of aromatic hydroxyl groups is 2. The molecule has 0 aliphatic heterocycles. The first-order chi connectivity index (χ1) is 13.4. The zero-order valence-corrected chi connectivity index (χ0v) is 15.0. The number of ether oxygens (including phenoxy) is 2. The monoisotopic (exact) mass is 380 g/mol. The average molecular weight is 380 g/mol. The van der Waals surface area contributed by atoms with E-state index in [0.29, 0.717) is 33.1 Å². The van der Waals surface area contributed by atoms with Crippen LogP contribution in [0.25, 0.3) is 33.1 Å². The van der Waals surface area contributed by atoms with Gasteiger partial charge in [0.15, 0.2) is 23.0 Å². The lowest BCUT2D eigenvalue weighted by Crippen LogP contribution is -1.96. The Balaban J connectivity index is 2.10. The van der Waals surface area contributed by atoms with Crippen molar-refractivity contribution in [3.8, 4) is 34.1 Å². The van der Waals surface area contributed by atoms with Crippen LogP contribution < -0.4 is 9.47 Å². The quantitative estimate of drug-likeness (QED) is 0.482. The lowest BCUT2D eigenvalue weighted by molar-refractivity contribution is 0.0697. The summed E-state index contributed by atoms with van der Waals surface area (Å²) in [5.74, 6) is -0.698. The van der Waals surface area contributed by atoms with E-state index in [2.05, 4.69) is 0 Å². The summed E-state index contributed by atoms with van der Waals surface area (Å²) in [6.45, 7) is 0. The molecule has 0 bridgehead atoms. The first kappa shape index (κ1) is 17.5. The van der Waals surface area contributed by atoms with Crippen LogP contribution in [0.5, 0.6) is 23.0 Å². The molecule has 0 saturated heterocycles. The summed E-state index contributed by atoms with van der Waals surface area (Å²) in [5, 5.41) is 30.6. The Morgan fingerprint density at radius 2 is 1.61 bits per heavy atom. The number of phenols is 2. The molecule has 0 radical (unpaired) electrons. The van der Waals surface area contributed by atoms with Gasteiger partial charge in [-0.25, -0.2) is 4.79 Å². The molecule has 0 fully saturated rings. The standard InChI is InChI=1S/C21H16O7/c1-26-18-7-10(3-4-15(18)22)12-5-11(21(24)25)6-14-13-8-19(27-2)16(23)9-17(13)28-20(12)14/h3-9,22-23H,1-2H3,(H,24,25). The van der Waals surface area contributed by atoms with E-state index in [1.165, 1.54) is 38.5 Å². The predicted molar refractivity (Wildman–Crippen MR) is 103 cm³/mol. The van der Waals surface area contributed by atoms with Crippen molar-refractivity contribution in [3.05, 3.63) is 48.0 Å². The van der Waals surface area contributed by atoms with Crippen molar-refractivity contribution in [1.82, 2.24) is 0 Å². The molecule has 0 amide bonds. The summed E-state index contributed by atoms with van der Waals surface area (Å²) in [6, 6.07) is 10.7. The number of fused-ring (bicyclic) bond motifs is 3. The fourth-order valence-corrected chi connectivity index (χ4v) is 3.24. The lowest BCUT2D eigenvalue weighted by Gasteiger charge is -2.08. The molecule has 1 aromatic heterocycles. The van der Waals surface area contributed by atoms with Crippen molar-refractivity contribution in [2.75, 3.05) is 14.2 Å². The SMILES string of the molecule is COc1cc(-c2cc(C(=O)O)cc3c2oc2cc(O)c(OC)cc23)ccc1O. The van der Waals surface area contributed by atoms with Crippen LogP contribution in [0.1, 0.15) is 10.4 Å². The number of hydrogen-bond donors (Lipinski definition) is 3. The maximum absolute atomic E-state index is 11.7. The number of hydrogen-bond acceptors (Lipinski definition) is 6. The lowest BCUT2D eigenvalue weighted by atomic mass is 9.98. The molecular formula is C21H16O7. The smallest absolute Gasteiger partial charge is 0.335 e. The largest absolute Gasteiger partial charge is 0.504 e. The minimum atomic E-state index is -1.09. The van der Waals surface area contributed by atoms with E-state index >= 15 is 0 Å². The highest BCUT2D eigenvalue weighted by molar-refractivity contribution is 6.12. The second kappa shape index (κ2) is 6.38. The highest BCUT2D eigenvalue weighted by Gasteiger charge is 2.19. The number of furan rings is 1. The van der Waals surface area contributed by atoms with Gasteiger partial charge in [-0.3, -0.25) is 0 Å². The molecule has 7 heteroatoms. The number of phenolic OH excluding ortho intramolecular Hbond substituents is 2. The van der Waals surface area contributed by atoms with Crippen molar-refractivity contribution in [2.24, 2.45) is 0 Å². The Morgan fingerprint density at radius 3 is 2.29 bits per heavy atom. The maximum atomic E-state index is 11.7. The molecule has 28 heavy (non-hydrogen) atoms. The Labute approximate surface area is 159 Å². The fraction of sp³-hybridized carbons (Fsp3) is 0.0952. The van der Waals surface area contributed by atoms with Crippen molar-refractivity contribution < 1.29 is 34.0 Å². The molecule has 7 nitrogen and oxygen atoms in total. The van der Waals surface area contributed by atoms with Crippen LogP contribution in [0.15, 0.2) is 46.9 Å². The van der Waals surface area contributed by atoms with Gasteiger partial charge in [0.25, 0.3) is 0 Å². The third kappa shape index (κ3) is 2.64. The molecule has 3 aromatic carbocycles. The molecule has 4 aromatic rings. The van der Waals surface area contributed by atoms with E-state index in [-0.39, 0.29) is 28.6 Å². The fourth-order valence-electron chi connectivity index (χ4n) is 3.24. The topological polar surface area (TPSA) is 109 Å². The number of methoxy groups -OCH3 is 2. The molecule has 4 rings (SSSR count). The van der Waals surface area contributed by atoms with Gasteiger partial charge in [0.2, 0.25) is 0 Å². The first-order valence-corrected chi connectivity index (χ1v) is 8.31. The van der Waals surface area contributed by atoms with E-state index in [4.69, 9.17) is 13.9 Å². The molecular weight excluding hydrogens is 364 g/mol. The number of carbonyl (C=O) groups is 1. The first-order valence-electron chi connectivity index (χ1n) is 8.31. The number of rotatable bonds is 4. The van der Waals surface area contributed by atoms with Crippen LogP contribution in [0, 0.1) is 0 Å². The zero-order valence-electron chi connectivity index (χ0n) is 15.0. The van der Waals surface area contributed by atoms with E-state index in [1.54, 1.807) is 18.2 Å². The van der Waals surface area contributed by atoms with E-state index in [0.717, 1.165) is 0 Å². The van der Waals surface area contributed by atoms with Gasteiger partial charge in [0.05, 0.1) is 19.8 Å². The van der Waals surface area contributed by atoms with E-state index in [1.807, 2.05) is 0 Å². The summed E-state index contributed by atoms with van der Waals surface area (Å²) in [7, 11) is 2.86. The number of aromatic carboxylic acids is 1. The van der Waals surface area contributed by atoms with Crippen molar-refractivity contribution >= 4 is 27.9 Å². The Hall–Kier alpha value is -3.87. The number of carboxylic acids is 1. The predicted octanol–water partition coefficient (Wildman–Crippen LogP) is 4.38. The van der Waals surface area contributed by atoms with Crippen molar-refractivity contribution in [3.63, 3.8) is 0 Å². The van der Waals surface area contributed by atoms with Gasteiger partial charge in [-0.2, -0.15) is 0 Å². The van der Waals surface area contributed by atoms with Crippen LogP contribution in [0.3, 0.4) is 0 Å². The third-order valence-electron chi connectivity index (χ3n) is 4.61. The maximum Gasteiger partial charge on any atom is 0.335 e. The second-order valence-corrected chi connectivity index (χ2v) is 6.21. The number of carboxylic acid groups (broad SMARTS) is 1. The minimum absolute atomic E-state index is 0.0313. The summed E-state index contributed by atoms with van der Waals surface area (Å²) < 4.78 is 16.3. The molecule has 0 unspecified atom stereocenters. The minimum Gasteiger partial charge on any atom is -0.504 e. The molecule has 1 heterocycles. The Bertz CT molecular complexity index is 1240. The van der Waals surface area contributed by atoms with Gasteiger partial charge in [-0.05, 0) is 35.9 Å². The Morgan fingerprint density at radius 1 is 0.893 bits per heavy atom. The third-order valence-corrected chi connectivity index (χ3v) is 4.61. The van der Waals surface area contributed by atoms with Gasteiger partial charge in [-0.1, -0.05) is 6.07 Å². The van der Waals surface area contributed by atoms with Gasteiger partial charge < -0.3 is 29.2 Å². The highest BCUT2D eigenvalue weighted by Crippen LogP contribution is 2.42. The van der Waals surface area contributed by atoms with Gasteiger partial charge in [-0.15, -0.1) is 0 Å². The van der Waals surface area contributed by atoms with E-state index < -0.39 is 5.97 Å². The summed E-state index contributed by atoms with van der Waals surface area (Å²) in [5.41, 5.74) is 2.04. The second-order valence-electron chi connectivity index (χ2n) is 6.21. The van der Waals surface area contributed by atoms with Gasteiger partial charge >= 0.3 is 5.97 Å². The van der Waals surface area contributed by atoms with E-state index in [9.17, 15) is 20.1 Å². The van der Waals surface area contributed by atoms with Crippen LogP contribution in [0.4, 0.5) is 0 Å². The molecule has 142 valence electrons. The molecule has 3 N–H and O–H groups in total. The summed E-state index contributed by atoms with van der Waals surface area (Å²) >= 11 is 0. The molecule has 0 spiro atoms. The van der Waals surface area contributed by atoms with Crippen LogP contribution in [-0.2, 0) is 0 Å². The van der Waals surface area contributed by atoms with Crippen molar-refractivity contribution in [2.45, 2.75) is 0 Å². The van der Waals surface area contributed by atoms with Gasteiger partial charge in [0.1, 0.15) is 11.2 Å². The van der Waals surface area contributed by atoms with Crippen LogP contribution in [-0.4, -0.2) is 35.5 Å². The molecule has 0 aliphatic carbocycles. The van der Waals surface area contributed by atoms with Crippen molar-refractivity contribution in [1.29, 1.82) is 0 Å². The molecule has 0 aliphatic rings.